The van der Waals surface area contributed by atoms with Crippen molar-refractivity contribution in [2.45, 2.75) is 33.1 Å². The Morgan fingerprint density at radius 3 is 2.44 bits per heavy atom. The predicted octanol–water partition coefficient (Wildman–Crippen LogP) is 1.92. The highest BCUT2D eigenvalue weighted by molar-refractivity contribution is 4.99. The molecule has 0 aliphatic heterocycles. The average Bonchev–Trinajstić information content (AvgIpc) is 1.82. The number of nitrogens with two attached hydrogens (primary N) is 1. The maximum absolute atomic E-state index is 8.80. The van der Waals surface area contributed by atoms with Crippen LogP contribution in [-0.2, 0) is 0 Å². The van der Waals surface area contributed by atoms with E-state index in [1.807, 2.05) is 0 Å². The molecule has 0 saturated carbocycles. The van der Waals surface area contributed by atoms with Crippen LogP contribution in [0.2, 0.25) is 0 Å². The fraction of sp³-hybridized carbons (Fsp3) is 0.714. The first-order chi connectivity index (χ1) is 4.18. The van der Waals surface area contributed by atoms with E-state index in [1.165, 1.54) is 0 Å². The monoisotopic (exact) mass is 129 g/mol. The molecule has 2 nitrogen and oxygen atoms in total. The van der Waals surface area contributed by atoms with E-state index in [9.17, 15) is 0 Å². The van der Waals surface area contributed by atoms with Crippen LogP contribution in [0.5, 0.6) is 0 Å². The van der Waals surface area contributed by atoms with E-state index in [0.29, 0.717) is 5.70 Å². The van der Waals surface area contributed by atoms with Gasteiger partial charge in [-0.25, -0.2) is 0 Å². The molecule has 3 N–H and O–H groups in total. The number of unbranched alkanes of at least 4 members (excludes halogenated alkanes) is 1. The zero-order valence-electron chi connectivity index (χ0n) is 6.15. The van der Waals surface area contributed by atoms with E-state index in [4.69, 9.17) is 10.8 Å². The summed E-state index contributed by atoms with van der Waals surface area (Å²) in [7, 11) is 0. The molecule has 0 radical (unpaired) electrons. The first-order valence-electron chi connectivity index (χ1n) is 3.32. The van der Waals surface area contributed by atoms with Crippen molar-refractivity contribution < 1.29 is 5.11 Å². The average molecular weight is 129 g/mol. The Balaban J connectivity index is 3.50. The molecule has 0 unspecified atom stereocenters. The molecular formula is C7H15NO. The van der Waals surface area contributed by atoms with Crippen molar-refractivity contribution in [1.82, 2.24) is 0 Å². The van der Waals surface area contributed by atoms with Gasteiger partial charge in [0.2, 0.25) is 0 Å². The normalized spacial score (nSPS) is 13.1. The molecule has 0 bridgehead atoms. The van der Waals surface area contributed by atoms with Gasteiger partial charge in [0.1, 0.15) is 5.76 Å². The number of aliphatic hydroxyl groups excluding tert-OH is 1. The lowest BCUT2D eigenvalue weighted by molar-refractivity contribution is 0.402. The summed E-state index contributed by atoms with van der Waals surface area (Å²) in [6.07, 6.45) is 3.00. The molecule has 54 valence electrons. The van der Waals surface area contributed by atoms with Crippen LogP contribution in [0.4, 0.5) is 0 Å². The first-order valence-corrected chi connectivity index (χ1v) is 3.32. The smallest absolute Gasteiger partial charge is 0.108 e. The van der Waals surface area contributed by atoms with E-state index in [2.05, 4.69) is 6.92 Å². The second kappa shape index (κ2) is 4.24. The summed E-state index contributed by atoms with van der Waals surface area (Å²) in [5, 5.41) is 8.80. The fourth-order valence-corrected chi connectivity index (χ4v) is 0.548. The Hall–Kier alpha value is -0.660. The van der Waals surface area contributed by atoms with Gasteiger partial charge in [-0.3, -0.25) is 0 Å². The van der Waals surface area contributed by atoms with Gasteiger partial charge in [0.25, 0.3) is 0 Å². The predicted molar refractivity (Wildman–Crippen MR) is 39.0 cm³/mol. The van der Waals surface area contributed by atoms with E-state index < -0.39 is 0 Å². The summed E-state index contributed by atoms with van der Waals surface area (Å²) in [4.78, 5) is 0. The van der Waals surface area contributed by atoms with Gasteiger partial charge in [0.05, 0.1) is 0 Å². The maximum atomic E-state index is 8.80. The third-order valence-corrected chi connectivity index (χ3v) is 1.26. The molecule has 0 amide bonds. The van der Waals surface area contributed by atoms with Crippen LogP contribution in [0.15, 0.2) is 11.5 Å². The molecule has 0 aliphatic rings. The molecule has 0 aliphatic carbocycles. The lowest BCUT2D eigenvalue weighted by Gasteiger charge is -1.99. The molecule has 0 aromatic carbocycles. The minimum Gasteiger partial charge on any atom is -0.511 e. The lowest BCUT2D eigenvalue weighted by atomic mass is 10.2. The summed E-state index contributed by atoms with van der Waals surface area (Å²) in [6.45, 7) is 3.71. The summed E-state index contributed by atoms with van der Waals surface area (Å²) in [6, 6.07) is 0. The molecule has 0 rings (SSSR count). The highest BCUT2D eigenvalue weighted by Crippen LogP contribution is 2.03. The number of hydrogen-bond acceptors (Lipinski definition) is 2. The van der Waals surface area contributed by atoms with Crippen molar-refractivity contribution >= 4 is 0 Å². The highest BCUT2D eigenvalue weighted by atomic mass is 16.3. The number of allylic oxidation sites excluding steroid dienone is 2. The van der Waals surface area contributed by atoms with Gasteiger partial charge >= 0.3 is 0 Å². The van der Waals surface area contributed by atoms with Gasteiger partial charge < -0.3 is 10.8 Å². The van der Waals surface area contributed by atoms with Crippen LogP contribution < -0.4 is 5.73 Å². The Kier molecular flexibility index (Phi) is 3.93. The number of hydrogen-bond donors (Lipinski definition) is 2. The largest absolute Gasteiger partial charge is 0.511 e. The Labute approximate surface area is 56.4 Å². The van der Waals surface area contributed by atoms with Gasteiger partial charge in [-0.2, -0.15) is 0 Å². The van der Waals surface area contributed by atoms with Crippen LogP contribution in [0.25, 0.3) is 0 Å². The summed E-state index contributed by atoms with van der Waals surface area (Å²) in [5.74, 6) is 0.267. The van der Waals surface area contributed by atoms with Gasteiger partial charge in [-0.05, 0) is 19.8 Å². The molecule has 9 heavy (non-hydrogen) atoms. The maximum Gasteiger partial charge on any atom is 0.108 e. The molecule has 0 atom stereocenters. The zero-order valence-corrected chi connectivity index (χ0v) is 6.15. The van der Waals surface area contributed by atoms with Crippen molar-refractivity contribution in [2.75, 3.05) is 0 Å². The lowest BCUT2D eigenvalue weighted by Crippen LogP contribution is -1.99. The number of aliphatic hydroxyl groups is 1. The van der Waals surface area contributed by atoms with Crippen LogP contribution in [0.3, 0.4) is 0 Å². The molecule has 0 aromatic rings. The molecule has 0 spiro atoms. The molecule has 0 saturated heterocycles. The summed E-state index contributed by atoms with van der Waals surface area (Å²) < 4.78 is 0. The van der Waals surface area contributed by atoms with Crippen molar-refractivity contribution in [3.8, 4) is 0 Å². The quantitative estimate of drug-likeness (QED) is 0.572. The summed E-state index contributed by atoms with van der Waals surface area (Å²) >= 11 is 0. The molecule has 2 heteroatoms. The van der Waals surface area contributed by atoms with Crippen LogP contribution in [0.1, 0.15) is 33.1 Å². The number of rotatable bonds is 3. The topological polar surface area (TPSA) is 46.2 Å². The van der Waals surface area contributed by atoms with Gasteiger partial charge in [-0.1, -0.05) is 13.3 Å². The third kappa shape index (κ3) is 3.88. The molecule has 0 fully saturated rings. The van der Waals surface area contributed by atoms with Gasteiger partial charge in [0.15, 0.2) is 0 Å². The van der Waals surface area contributed by atoms with E-state index >= 15 is 0 Å². The minimum atomic E-state index is 0.267. The van der Waals surface area contributed by atoms with Crippen LogP contribution in [-0.4, -0.2) is 5.11 Å². The Morgan fingerprint density at radius 2 is 2.11 bits per heavy atom. The van der Waals surface area contributed by atoms with Crippen LogP contribution >= 0.6 is 0 Å². The second-order valence-electron chi connectivity index (χ2n) is 2.21. The van der Waals surface area contributed by atoms with Crippen molar-refractivity contribution in [1.29, 1.82) is 0 Å². The van der Waals surface area contributed by atoms with E-state index in [-0.39, 0.29) is 5.76 Å². The van der Waals surface area contributed by atoms with Crippen molar-refractivity contribution in [3.05, 3.63) is 11.5 Å². The highest BCUT2D eigenvalue weighted by Gasteiger charge is 1.92. The fourth-order valence-electron chi connectivity index (χ4n) is 0.548. The third-order valence-electron chi connectivity index (χ3n) is 1.26. The van der Waals surface area contributed by atoms with Crippen molar-refractivity contribution in [2.24, 2.45) is 5.73 Å². The minimum absolute atomic E-state index is 0.267. The Bertz CT molecular complexity index is 103. The Morgan fingerprint density at radius 1 is 1.56 bits per heavy atom. The molecular weight excluding hydrogens is 114 g/mol. The van der Waals surface area contributed by atoms with Crippen LogP contribution in [0, 0.1) is 0 Å². The van der Waals surface area contributed by atoms with Gasteiger partial charge in [0, 0.05) is 5.70 Å². The zero-order chi connectivity index (χ0) is 7.28. The molecule has 0 heterocycles. The molecule has 0 aromatic heterocycles. The van der Waals surface area contributed by atoms with E-state index in [1.54, 1.807) is 6.92 Å². The summed E-state index contributed by atoms with van der Waals surface area (Å²) in [5.41, 5.74) is 6.05. The second-order valence-corrected chi connectivity index (χ2v) is 2.21. The standard InChI is InChI=1S/C7H15NO/c1-3-4-5-7(8)6(2)9/h9H,3-5,8H2,1-2H3/b7-6-. The first kappa shape index (κ1) is 8.34. The SMILES string of the molecule is CCCC/C(N)=C(\C)O. The van der Waals surface area contributed by atoms with Gasteiger partial charge in [-0.15, -0.1) is 0 Å². The van der Waals surface area contributed by atoms with E-state index in [0.717, 1.165) is 19.3 Å². The van der Waals surface area contributed by atoms with Crippen molar-refractivity contribution in [3.63, 3.8) is 0 Å².